The minimum absolute atomic E-state index is 0.0665. The molecule has 0 heterocycles. The number of carboxylic acids is 1. The first-order valence-corrected chi connectivity index (χ1v) is 6.15. The molecule has 0 aromatic heterocycles. The first-order chi connectivity index (χ1) is 9.02. The highest BCUT2D eigenvalue weighted by molar-refractivity contribution is 6.34. The second-order valence-electron chi connectivity index (χ2n) is 3.84. The molecule has 19 heavy (non-hydrogen) atoms. The van der Waals surface area contributed by atoms with Crippen molar-refractivity contribution in [1.29, 1.82) is 0 Å². The quantitative estimate of drug-likeness (QED) is 0.915. The monoisotopic (exact) mass is 296 g/mol. The average Bonchev–Trinajstić information content (AvgIpc) is 2.39. The minimum atomic E-state index is -1.07. The maximum atomic E-state index is 11.2. The summed E-state index contributed by atoms with van der Waals surface area (Å²) in [5.41, 5.74) is 1.48. The standard InChI is InChI=1S/C14H10Cl2O3/c1-19-13-7-12(16)10(6-11(13)14(17)18)8-2-4-9(15)5-3-8/h2-7H,1H3,(H,17,18). The van der Waals surface area contributed by atoms with Crippen LogP contribution < -0.4 is 4.74 Å². The van der Waals surface area contributed by atoms with Crippen LogP contribution in [-0.4, -0.2) is 18.2 Å². The predicted molar refractivity (Wildman–Crippen MR) is 75.4 cm³/mol. The maximum Gasteiger partial charge on any atom is 0.339 e. The molecule has 3 nitrogen and oxygen atoms in total. The number of methoxy groups -OCH3 is 1. The third-order valence-corrected chi connectivity index (χ3v) is 3.24. The van der Waals surface area contributed by atoms with Crippen molar-refractivity contribution in [2.75, 3.05) is 7.11 Å². The highest BCUT2D eigenvalue weighted by Crippen LogP contribution is 2.34. The molecule has 98 valence electrons. The molecule has 0 radical (unpaired) electrons. The van der Waals surface area contributed by atoms with Gasteiger partial charge in [-0.05, 0) is 23.8 Å². The van der Waals surface area contributed by atoms with Gasteiger partial charge >= 0.3 is 5.97 Å². The number of halogens is 2. The molecule has 0 aliphatic carbocycles. The first kappa shape index (κ1) is 13.7. The molecule has 2 rings (SSSR count). The van der Waals surface area contributed by atoms with E-state index in [4.69, 9.17) is 33.0 Å². The van der Waals surface area contributed by atoms with Gasteiger partial charge in [-0.15, -0.1) is 0 Å². The number of ether oxygens (including phenoxy) is 1. The SMILES string of the molecule is COc1cc(Cl)c(-c2ccc(Cl)cc2)cc1C(=O)O. The third-order valence-electron chi connectivity index (χ3n) is 2.67. The Bertz CT molecular complexity index is 621. The predicted octanol–water partition coefficient (Wildman–Crippen LogP) is 4.37. The Kier molecular flexibility index (Phi) is 3.98. The smallest absolute Gasteiger partial charge is 0.339 e. The van der Waals surface area contributed by atoms with Gasteiger partial charge in [0.2, 0.25) is 0 Å². The fourth-order valence-electron chi connectivity index (χ4n) is 1.74. The average molecular weight is 297 g/mol. The van der Waals surface area contributed by atoms with Crippen molar-refractivity contribution in [3.05, 3.63) is 52.0 Å². The molecule has 0 bridgehead atoms. The van der Waals surface area contributed by atoms with Crippen LogP contribution in [0.15, 0.2) is 36.4 Å². The first-order valence-electron chi connectivity index (χ1n) is 5.39. The summed E-state index contributed by atoms with van der Waals surface area (Å²) in [7, 11) is 1.40. The van der Waals surface area contributed by atoms with Gasteiger partial charge in [-0.25, -0.2) is 4.79 Å². The molecule has 5 heteroatoms. The molecule has 2 aromatic rings. The summed E-state index contributed by atoms with van der Waals surface area (Å²) in [6, 6.07) is 9.99. The lowest BCUT2D eigenvalue weighted by molar-refractivity contribution is 0.0693. The summed E-state index contributed by atoms with van der Waals surface area (Å²) < 4.78 is 5.01. The van der Waals surface area contributed by atoms with Crippen LogP contribution >= 0.6 is 23.2 Å². The molecule has 0 amide bonds. The van der Waals surface area contributed by atoms with E-state index >= 15 is 0 Å². The van der Waals surface area contributed by atoms with Crippen LogP contribution in [0.4, 0.5) is 0 Å². The van der Waals surface area contributed by atoms with E-state index in [1.807, 2.05) is 0 Å². The van der Waals surface area contributed by atoms with E-state index in [-0.39, 0.29) is 11.3 Å². The van der Waals surface area contributed by atoms with Crippen molar-refractivity contribution in [1.82, 2.24) is 0 Å². The Morgan fingerprint density at radius 3 is 2.32 bits per heavy atom. The second-order valence-corrected chi connectivity index (χ2v) is 4.69. The number of carboxylic acid groups (broad SMARTS) is 1. The fraction of sp³-hybridized carbons (Fsp3) is 0.0714. The molecular weight excluding hydrogens is 287 g/mol. The van der Waals surface area contributed by atoms with E-state index < -0.39 is 5.97 Å². The van der Waals surface area contributed by atoms with Crippen molar-refractivity contribution in [2.45, 2.75) is 0 Å². The fourth-order valence-corrected chi connectivity index (χ4v) is 2.13. The summed E-state index contributed by atoms with van der Waals surface area (Å²) in [6.07, 6.45) is 0. The van der Waals surface area contributed by atoms with Crippen LogP contribution in [0.2, 0.25) is 10.0 Å². The minimum Gasteiger partial charge on any atom is -0.496 e. The number of hydrogen-bond acceptors (Lipinski definition) is 2. The summed E-state index contributed by atoms with van der Waals surface area (Å²) in [4.78, 5) is 11.2. The zero-order valence-corrected chi connectivity index (χ0v) is 11.5. The summed E-state index contributed by atoms with van der Waals surface area (Å²) in [5, 5.41) is 10.2. The Balaban J connectivity index is 2.60. The van der Waals surface area contributed by atoms with Crippen LogP contribution in [0.5, 0.6) is 5.75 Å². The molecular formula is C14H10Cl2O3. The highest BCUT2D eigenvalue weighted by Gasteiger charge is 2.15. The van der Waals surface area contributed by atoms with Gasteiger partial charge in [0.25, 0.3) is 0 Å². The van der Waals surface area contributed by atoms with Crippen molar-refractivity contribution >= 4 is 29.2 Å². The van der Waals surface area contributed by atoms with Crippen LogP contribution in [0.25, 0.3) is 11.1 Å². The zero-order valence-electron chi connectivity index (χ0n) is 9.98. The molecule has 0 aliphatic heterocycles. The van der Waals surface area contributed by atoms with Crippen molar-refractivity contribution < 1.29 is 14.6 Å². The van der Waals surface area contributed by atoms with E-state index in [1.54, 1.807) is 24.3 Å². The molecule has 0 atom stereocenters. The van der Waals surface area contributed by atoms with E-state index in [0.717, 1.165) is 5.56 Å². The van der Waals surface area contributed by atoms with Crippen molar-refractivity contribution in [3.63, 3.8) is 0 Å². The number of hydrogen-bond donors (Lipinski definition) is 1. The Labute approximate surface area is 120 Å². The maximum absolute atomic E-state index is 11.2. The molecule has 0 fully saturated rings. The van der Waals surface area contributed by atoms with Crippen molar-refractivity contribution in [2.24, 2.45) is 0 Å². The van der Waals surface area contributed by atoms with E-state index in [1.165, 1.54) is 19.2 Å². The van der Waals surface area contributed by atoms with E-state index in [2.05, 4.69) is 0 Å². The van der Waals surface area contributed by atoms with Gasteiger partial charge < -0.3 is 9.84 Å². The Hall–Kier alpha value is -1.71. The number of aromatic carboxylic acids is 1. The largest absolute Gasteiger partial charge is 0.496 e. The molecule has 0 saturated carbocycles. The normalized spacial score (nSPS) is 10.3. The summed E-state index contributed by atoms with van der Waals surface area (Å²) >= 11 is 12.0. The van der Waals surface area contributed by atoms with Crippen molar-refractivity contribution in [3.8, 4) is 16.9 Å². The van der Waals surface area contributed by atoms with Gasteiger partial charge in [0.05, 0.1) is 12.1 Å². The van der Waals surface area contributed by atoms with Crippen LogP contribution in [0.1, 0.15) is 10.4 Å². The molecule has 0 aliphatic rings. The molecule has 0 spiro atoms. The molecule has 2 aromatic carbocycles. The van der Waals surface area contributed by atoms with Crippen LogP contribution in [-0.2, 0) is 0 Å². The summed E-state index contributed by atoms with van der Waals surface area (Å²) in [6.45, 7) is 0. The Morgan fingerprint density at radius 1 is 1.16 bits per heavy atom. The Morgan fingerprint density at radius 2 is 1.79 bits per heavy atom. The van der Waals surface area contributed by atoms with Gasteiger partial charge in [-0.3, -0.25) is 0 Å². The van der Waals surface area contributed by atoms with Crippen LogP contribution in [0, 0.1) is 0 Å². The van der Waals surface area contributed by atoms with Gasteiger partial charge in [0.15, 0.2) is 0 Å². The highest BCUT2D eigenvalue weighted by atomic mass is 35.5. The van der Waals surface area contributed by atoms with Gasteiger partial charge in [-0.1, -0.05) is 35.3 Å². The molecule has 0 unspecified atom stereocenters. The third kappa shape index (κ3) is 2.83. The number of benzene rings is 2. The lowest BCUT2D eigenvalue weighted by Gasteiger charge is -2.10. The van der Waals surface area contributed by atoms with E-state index in [0.29, 0.717) is 15.6 Å². The van der Waals surface area contributed by atoms with Gasteiger partial charge in [0.1, 0.15) is 11.3 Å². The number of rotatable bonds is 3. The van der Waals surface area contributed by atoms with Gasteiger partial charge in [0, 0.05) is 16.7 Å². The lowest BCUT2D eigenvalue weighted by Crippen LogP contribution is -2.01. The molecule has 0 saturated heterocycles. The second kappa shape index (κ2) is 5.51. The van der Waals surface area contributed by atoms with Crippen LogP contribution in [0.3, 0.4) is 0 Å². The topological polar surface area (TPSA) is 46.5 Å². The number of carbonyl (C=O) groups is 1. The van der Waals surface area contributed by atoms with E-state index in [9.17, 15) is 4.79 Å². The molecule has 1 N–H and O–H groups in total. The summed E-state index contributed by atoms with van der Waals surface area (Å²) in [5.74, 6) is -0.834. The van der Waals surface area contributed by atoms with Gasteiger partial charge in [-0.2, -0.15) is 0 Å². The lowest BCUT2D eigenvalue weighted by atomic mass is 10.0. The zero-order chi connectivity index (χ0) is 14.0.